The number of amides is 4. The lowest BCUT2D eigenvalue weighted by Crippen LogP contribution is -2.50. The smallest absolute Gasteiger partial charge is 0.312 e. The van der Waals surface area contributed by atoms with Crippen LogP contribution in [-0.2, 0) is 9.59 Å². The summed E-state index contributed by atoms with van der Waals surface area (Å²) in [7, 11) is 3.19. The molecule has 0 aromatic rings. The van der Waals surface area contributed by atoms with Gasteiger partial charge in [0.2, 0.25) is 11.8 Å². The fraction of sp³-hybridized carbons (Fsp3) is 0.700. The van der Waals surface area contributed by atoms with Crippen LogP contribution in [0.15, 0.2) is 0 Å². The van der Waals surface area contributed by atoms with Gasteiger partial charge in [0.25, 0.3) is 0 Å². The molecule has 4 N–H and O–H groups in total. The highest BCUT2D eigenvalue weighted by Gasteiger charge is 2.19. The minimum atomic E-state index is -0.752. The predicted molar refractivity (Wildman–Crippen MR) is 63.1 cm³/mol. The van der Waals surface area contributed by atoms with Crippen molar-refractivity contribution in [3.63, 3.8) is 0 Å². The predicted octanol–water partition coefficient (Wildman–Crippen LogP) is -0.972. The summed E-state index contributed by atoms with van der Waals surface area (Å²) < 4.78 is 0. The molecule has 0 saturated heterocycles. The Morgan fingerprint density at radius 3 is 2.29 bits per heavy atom. The molecule has 0 aromatic heterocycles. The Labute approximate surface area is 101 Å². The zero-order valence-electron chi connectivity index (χ0n) is 10.4. The maximum atomic E-state index is 11.6. The molecule has 98 valence electrons. The van der Waals surface area contributed by atoms with Crippen molar-refractivity contribution in [2.24, 2.45) is 5.73 Å². The van der Waals surface area contributed by atoms with Crippen LogP contribution in [0.1, 0.15) is 19.8 Å². The average Bonchev–Trinajstić information content (AvgIpc) is 2.23. The number of carbonyl (C=O) groups excluding carboxylic acids is 3. The molecule has 17 heavy (non-hydrogen) atoms. The van der Waals surface area contributed by atoms with E-state index in [1.165, 1.54) is 4.90 Å². The van der Waals surface area contributed by atoms with E-state index in [-0.39, 0.29) is 12.5 Å². The van der Waals surface area contributed by atoms with Gasteiger partial charge in [-0.1, -0.05) is 13.3 Å². The third-order valence-corrected chi connectivity index (χ3v) is 2.12. The number of carbonyl (C=O) groups is 3. The number of nitrogens with zero attached hydrogens (tertiary/aromatic N) is 1. The fourth-order valence-electron chi connectivity index (χ4n) is 1.17. The normalized spacial score (nSPS) is 11.5. The van der Waals surface area contributed by atoms with E-state index in [1.807, 2.05) is 6.92 Å². The van der Waals surface area contributed by atoms with Crippen molar-refractivity contribution >= 4 is 17.8 Å². The summed E-state index contributed by atoms with van der Waals surface area (Å²) in [6.45, 7) is 1.79. The third-order valence-electron chi connectivity index (χ3n) is 2.12. The van der Waals surface area contributed by atoms with Crippen LogP contribution in [0.25, 0.3) is 0 Å². The summed E-state index contributed by atoms with van der Waals surface area (Å²) in [6.07, 6.45) is 1.20. The van der Waals surface area contributed by atoms with E-state index in [2.05, 4.69) is 10.6 Å². The monoisotopic (exact) mass is 244 g/mol. The first-order valence-electron chi connectivity index (χ1n) is 5.42. The lowest BCUT2D eigenvalue weighted by Gasteiger charge is -2.17. The molecule has 1 atom stereocenters. The van der Waals surface area contributed by atoms with Gasteiger partial charge in [-0.3, -0.25) is 9.59 Å². The second-order valence-corrected chi connectivity index (χ2v) is 3.86. The van der Waals surface area contributed by atoms with Crippen molar-refractivity contribution in [3.8, 4) is 0 Å². The van der Waals surface area contributed by atoms with E-state index in [0.717, 1.165) is 6.42 Å². The van der Waals surface area contributed by atoms with Crippen molar-refractivity contribution in [2.75, 3.05) is 20.6 Å². The summed E-state index contributed by atoms with van der Waals surface area (Å²) in [5.74, 6) is -0.617. The number of primary amides is 1. The quantitative estimate of drug-likeness (QED) is 0.559. The first kappa shape index (κ1) is 15.2. The van der Waals surface area contributed by atoms with Crippen LogP contribution in [0.2, 0.25) is 0 Å². The molecule has 0 aromatic carbocycles. The minimum absolute atomic E-state index is 0.0908. The second kappa shape index (κ2) is 7.48. The first-order valence-corrected chi connectivity index (χ1v) is 5.42. The molecule has 0 aliphatic carbocycles. The van der Waals surface area contributed by atoms with Gasteiger partial charge >= 0.3 is 6.03 Å². The van der Waals surface area contributed by atoms with Gasteiger partial charge in [-0.05, 0) is 6.42 Å². The van der Waals surface area contributed by atoms with Gasteiger partial charge in [0.1, 0.15) is 6.04 Å². The van der Waals surface area contributed by atoms with E-state index in [4.69, 9.17) is 5.73 Å². The minimum Gasteiger partial charge on any atom is -0.352 e. The summed E-state index contributed by atoms with van der Waals surface area (Å²) in [5, 5.41) is 4.79. The zero-order valence-corrected chi connectivity index (χ0v) is 10.4. The van der Waals surface area contributed by atoms with E-state index in [9.17, 15) is 14.4 Å². The molecule has 7 heteroatoms. The zero-order chi connectivity index (χ0) is 13.4. The highest BCUT2D eigenvalue weighted by Crippen LogP contribution is 1.96. The molecule has 0 unspecified atom stereocenters. The molecular formula is C10H20N4O3. The first-order chi connectivity index (χ1) is 7.88. The Kier molecular flexibility index (Phi) is 6.69. The highest BCUT2D eigenvalue weighted by molar-refractivity contribution is 5.89. The van der Waals surface area contributed by atoms with Crippen LogP contribution in [0.3, 0.4) is 0 Å². The summed E-state index contributed by atoms with van der Waals surface area (Å²) in [4.78, 5) is 35.0. The lowest BCUT2D eigenvalue weighted by atomic mass is 10.1. The van der Waals surface area contributed by atoms with E-state index < -0.39 is 18.0 Å². The van der Waals surface area contributed by atoms with Crippen LogP contribution in [0.5, 0.6) is 0 Å². The third kappa shape index (κ3) is 6.39. The summed E-state index contributed by atoms with van der Waals surface area (Å²) in [6, 6.07) is -1.44. The van der Waals surface area contributed by atoms with Crippen molar-refractivity contribution in [1.29, 1.82) is 0 Å². The van der Waals surface area contributed by atoms with Gasteiger partial charge in [0, 0.05) is 14.1 Å². The van der Waals surface area contributed by atoms with E-state index in [0.29, 0.717) is 6.42 Å². The molecule has 0 bridgehead atoms. The Morgan fingerprint density at radius 1 is 1.29 bits per heavy atom. The molecule has 7 nitrogen and oxygen atoms in total. The molecule has 0 radical (unpaired) electrons. The fourth-order valence-corrected chi connectivity index (χ4v) is 1.17. The maximum Gasteiger partial charge on any atom is 0.312 e. The Bertz CT molecular complexity index is 291. The van der Waals surface area contributed by atoms with Crippen LogP contribution >= 0.6 is 0 Å². The number of likely N-dealkylation sites (N-methyl/N-ethyl adjacent to an activating group) is 1. The van der Waals surface area contributed by atoms with Crippen molar-refractivity contribution in [3.05, 3.63) is 0 Å². The average molecular weight is 244 g/mol. The van der Waals surface area contributed by atoms with E-state index in [1.54, 1.807) is 14.1 Å². The largest absolute Gasteiger partial charge is 0.352 e. The van der Waals surface area contributed by atoms with Crippen LogP contribution in [-0.4, -0.2) is 49.4 Å². The molecule has 4 amide bonds. The molecule has 0 fully saturated rings. The number of rotatable bonds is 6. The Hall–Kier alpha value is -1.79. The standard InChI is InChI=1S/C10H20N4O3/c1-4-5-7(13-10(11)17)9(16)12-6-8(15)14(2)3/h7H,4-6H2,1-3H3,(H,12,16)(H3,11,13,17)/t7-/m1/s1. The van der Waals surface area contributed by atoms with Gasteiger partial charge in [0.15, 0.2) is 0 Å². The van der Waals surface area contributed by atoms with Crippen molar-refractivity contribution < 1.29 is 14.4 Å². The number of nitrogens with two attached hydrogens (primary N) is 1. The topological polar surface area (TPSA) is 105 Å². The number of hydrogen-bond donors (Lipinski definition) is 3. The van der Waals surface area contributed by atoms with Gasteiger partial charge in [-0.25, -0.2) is 4.79 Å². The van der Waals surface area contributed by atoms with Crippen molar-refractivity contribution in [2.45, 2.75) is 25.8 Å². The van der Waals surface area contributed by atoms with Gasteiger partial charge in [-0.15, -0.1) is 0 Å². The van der Waals surface area contributed by atoms with Gasteiger partial charge in [0.05, 0.1) is 6.54 Å². The Morgan fingerprint density at radius 2 is 1.88 bits per heavy atom. The molecule has 0 aliphatic heterocycles. The lowest BCUT2D eigenvalue weighted by molar-refractivity contribution is -0.131. The van der Waals surface area contributed by atoms with E-state index >= 15 is 0 Å². The van der Waals surface area contributed by atoms with Gasteiger partial charge < -0.3 is 21.3 Å². The summed E-state index contributed by atoms with van der Waals surface area (Å²) in [5.41, 5.74) is 4.96. The number of hydrogen-bond acceptors (Lipinski definition) is 3. The summed E-state index contributed by atoms with van der Waals surface area (Å²) >= 11 is 0. The number of nitrogens with one attached hydrogen (secondary N) is 2. The van der Waals surface area contributed by atoms with Crippen LogP contribution in [0, 0.1) is 0 Å². The molecule has 0 spiro atoms. The number of urea groups is 1. The molecular weight excluding hydrogens is 224 g/mol. The van der Waals surface area contributed by atoms with Crippen LogP contribution in [0.4, 0.5) is 4.79 Å². The SMILES string of the molecule is CCC[C@@H](NC(N)=O)C(=O)NCC(=O)N(C)C. The van der Waals surface area contributed by atoms with Crippen LogP contribution < -0.4 is 16.4 Å². The maximum absolute atomic E-state index is 11.6. The molecule has 0 heterocycles. The molecule has 0 rings (SSSR count). The van der Waals surface area contributed by atoms with Gasteiger partial charge in [-0.2, -0.15) is 0 Å². The Balaban J connectivity index is 4.23. The highest BCUT2D eigenvalue weighted by atomic mass is 16.2. The van der Waals surface area contributed by atoms with Crippen molar-refractivity contribution in [1.82, 2.24) is 15.5 Å². The second-order valence-electron chi connectivity index (χ2n) is 3.86. The molecule has 0 aliphatic rings. The molecule has 0 saturated carbocycles.